The predicted octanol–water partition coefficient (Wildman–Crippen LogP) is 2.42. The first-order chi connectivity index (χ1) is 12.3. The van der Waals surface area contributed by atoms with Crippen molar-refractivity contribution in [2.75, 3.05) is 32.7 Å². The summed E-state index contributed by atoms with van der Waals surface area (Å²) in [6.07, 6.45) is 0.750. The first-order valence-corrected chi connectivity index (χ1v) is 9.40. The van der Waals surface area contributed by atoms with Crippen molar-refractivity contribution in [1.29, 1.82) is 0 Å². The third-order valence-electron chi connectivity index (χ3n) is 4.68. The van der Waals surface area contributed by atoms with E-state index in [4.69, 9.17) is 4.74 Å². The first-order valence-electron chi connectivity index (χ1n) is 9.40. The van der Waals surface area contributed by atoms with Gasteiger partial charge in [-0.05, 0) is 39.7 Å². The number of ether oxygens (including phenoxy) is 1. The van der Waals surface area contributed by atoms with Crippen LogP contribution in [0, 0.1) is 6.92 Å². The van der Waals surface area contributed by atoms with Gasteiger partial charge in [0.1, 0.15) is 5.60 Å². The number of aliphatic imine (C=N–C) groups is 1. The summed E-state index contributed by atoms with van der Waals surface area (Å²) in [5.41, 5.74) is 2.16. The second kappa shape index (κ2) is 7.56. The number of guanidine groups is 1. The minimum Gasteiger partial charge on any atom is -0.444 e. The number of aryl methyl sites for hydroxylation is 1. The van der Waals surface area contributed by atoms with E-state index >= 15 is 0 Å². The molecule has 1 aromatic carbocycles. The number of amides is 1. The molecule has 1 amide bonds. The summed E-state index contributed by atoms with van der Waals surface area (Å²) in [4.78, 5) is 21.0. The van der Waals surface area contributed by atoms with Gasteiger partial charge in [0, 0.05) is 26.2 Å². The molecule has 0 aromatic heterocycles. The van der Waals surface area contributed by atoms with E-state index in [-0.39, 0.29) is 12.1 Å². The second-order valence-electron chi connectivity index (χ2n) is 8.10. The Kier molecular flexibility index (Phi) is 5.39. The molecule has 26 heavy (non-hydrogen) atoms. The van der Waals surface area contributed by atoms with Gasteiger partial charge in [0.2, 0.25) is 0 Å². The van der Waals surface area contributed by atoms with Gasteiger partial charge in [0.25, 0.3) is 0 Å². The average Bonchev–Trinajstić information content (AvgIpc) is 2.97. The van der Waals surface area contributed by atoms with Crippen LogP contribution in [0.25, 0.3) is 0 Å². The summed E-state index contributed by atoms with van der Waals surface area (Å²) in [7, 11) is 0. The van der Waals surface area contributed by atoms with Gasteiger partial charge in [0.05, 0.1) is 12.6 Å². The van der Waals surface area contributed by atoms with Gasteiger partial charge in [-0.3, -0.25) is 4.99 Å². The third-order valence-corrected chi connectivity index (χ3v) is 4.68. The summed E-state index contributed by atoms with van der Waals surface area (Å²) < 4.78 is 5.49. The standard InChI is InChI=1S/C20H30N4O2/c1-15-5-7-16(8-6-15)9-10-21-18-22-13-17-14-23(11-12-24(17)18)19(25)26-20(2,3)4/h5-8,17H,9-14H2,1-4H3,(H,21,22). The van der Waals surface area contributed by atoms with Crippen LogP contribution >= 0.6 is 0 Å². The zero-order valence-electron chi connectivity index (χ0n) is 16.3. The molecule has 1 N–H and O–H groups in total. The molecule has 6 nitrogen and oxygen atoms in total. The van der Waals surface area contributed by atoms with Crippen molar-refractivity contribution < 1.29 is 9.53 Å². The maximum absolute atomic E-state index is 12.3. The Morgan fingerprint density at radius 3 is 2.69 bits per heavy atom. The SMILES string of the molecule is Cc1ccc(CCNC2=NCC3CN(C(=O)OC(C)(C)C)CCN23)cc1. The fourth-order valence-corrected chi connectivity index (χ4v) is 3.30. The molecular weight excluding hydrogens is 328 g/mol. The molecule has 0 radical (unpaired) electrons. The lowest BCUT2D eigenvalue weighted by Crippen LogP contribution is -2.57. The second-order valence-corrected chi connectivity index (χ2v) is 8.10. The highest BCUT2D eigenvalue weighted by molar-refractivity contribution is 5.82. The summed E-state index contributed by atoms with van der Waals surface area (Å²) in [6.45, 7) is 11.5. The van der Waals surface area contributed by atoms with E-state index in [9.17, 15) is 4.79 Å². The lowest BCUT2D eigenvalue weighted by Gasteiger charge is -2.39. The van der Waals surface area contributed by atoms with Crippen LogP contribution in [-0.4, -0.2) is 66.2 Å². The lowest BCUT2D eigenvalue weighted by atomic mass is 10.1. The van der Waals surface area contributed by atoms with E-state index in [1.165, 1.54) is 11.1 Å². The number of nitrogens with zero attached hydrogens (tertiary/aromatic N) is 3. The average molecular weight is 358 g/mol. The molecule has 2 heterocycles. The number of benzene rings is 1. The summed E-state index contributed by atoms with van der Waals surface area (Å²) in [6, 6.07) is 8.90. The number of rotatable bonds is 3. The van der Waals surface area contributed by atoms with Crippen molar-refractivity contribution in [3.05, 3.63) is 35.4 Å². The molecule has 1 aromatic rings. The van der Waals surface area contributed by atoms with Crippen molar-refractivity contribution in [3.63, 3.8) is 0 Å². The van der Waals surface area contributed by atoms with E-state index in [2.05, 4.69) is 46.4 Å². The molecule has 1 saturated heterocycles. The number of fused-ring (bicyclic) bond motifs is 1. The topological polar surface area (TPSA) is 57.2 Å². The molecule has 0 saturated carbocycles. The molecule has 6 heteroatoms. The van der Waals surface area contributed by atoms with Crippen molar-refractivity contribution in [3.8, 4) is 0 Å². The molecular formula is C20H30N4O2. The smallest absolute Gasteiger partial charge is 0.410 e. The van der Waals surface area contributed by atoms with E-state index in [0.29, 0.717) is 13.1 Å². The van der Waals surface area contributed by atoms with Crippen LogP contribution in [0.4, 0.5) is 4.79 Å². The van der Waals surface area contributed by atoms with E-state index < -0.39 is 5.60 Å². The Labute approximate surface area is 156 Å². The fourth-order valence-electron chi connectivity index (χ4n) is 3.30. The highest BCUT2D eigenvalue weighted by Crippen LogP contribution is 2.18. The van der Waals surface area contributed by atoms with Gasteiger partial charge in [-0.15, -0.1) is 0 Å². The van der Waals surface area contributed by atoms with Crippen molar-refractivity contribution in [2.45, 2.75) is 45.8 Å². The van der Waals surface area contributed by atoms with Crippen LogP contribution in [0.5, 0.6) is 0 Å². The molecule has 1 atom stereocenters. The number of carbonyl (C=O) groups is 1. The first kappa shape index (κ1) is 18.5. The largest absolute Gasteiger partial charge is 0.444 e. The minimum absolute atomic E-state index is 0.224. The molecule has 2 aliphatic heterocycles. The van der Waals surface area contributed by atoms with Crippen LogP contribution in [0.1, 0.15) is 31.9 Å². The number of carbonyl (C=O) groups excluding carboxylic acids is 1. The van der Waals surface area contributed by atoms with Crippen molar-refractivity contribution in [1.82, 2.24) is 15.1 Å². The van der Waals surface area contributed by atoms with Crippen molar-refractivity contribution >= 4 is 12.1 Å². The quantitative estimate of drug-likeness (QED) is 0.902. The summed E-state index contributed by atoms with van der Waals surface area (Å²) >= 11 is 0. The van der Waals surface area contributed by atoms with Gasteiger partial charge in [-0.25, -0.2) is 4.79 Å². The van der Waals surface area contributed by atoms with Crippen LogP contribution in [0.15, 0.2) is 29.3 Å². The Bertz CT molecular complexity index is 663. The van der Waals surface area contributed by atoms with E-state index in [1.807, 2.05) is 20.8 Å². The summed E-state index contributed by atoms with van der Waals surface area (Å²) in [5.74, 6) is 0.964. The van der Waals surface area contributed by atoms with Gasteiger partial charge in [0.15, 0.2) is 5.96 Å². The molecule has 3 rings (SSSR count). The molecule has 2 aliphatic rings. The van der Waals surface area contributed by atoms with Crippen LogP contribution in [0.3, 0.4) is 0 Å². The number of nitrogens with one attached hydrogen (secondary N) is 1. The highest BCUT2D eigenvalue weighted by atomic mass is 16.6. The maximum Gasteiger partial charge on any atom is 0.410 e. The normalized spacial score (nSPS) is 19.8. The van der Waals surface area contributed by atoms with Crippen LogP contribution in [-0.2, 0) is 11.2 Å². The third kappa shape index (κ3) is 4.68. The lowest BCUT2D eigenvalue weighted by molar-refractivity contribution is 0.0137. The number of piperazine rings is 1. The van der Waals surface area contributed by atoms with Gasteiger partial charge < -0.3 is 19.9 Å². The van der Waals surface area contributed by atoms with Crippen LogP contribution < -0.4 is 5.32 Å². The van der Waals surface area contributed by atoms with Gasteiger partial charge in [-0.1, -0.05) is 29.8 Å². The zero-order chi connectivity index (χ0) is 18.7. The molecule has 1 unspecified atom stereocenters. The molecule has 0 spiro atoms. The number of hydrogen-bond acceptors (Lipinski definition) is 5. The predicted molar refractivity (Wildman–Crippen MR) is 103 cm³/mol. The Hall–Kier alpha value is -2.24. The fraction of sp³-hybridized carbons (Fsp3) is 0.600. The van der Waals surface area contributed by atoms with E-state index in [0.717, 1.165) is 32.0 Å². The van der Waals surface area contributed by atoms with Crippen molar-refractivity contribution in [2.24, 2.45) is 4.99 Å². The van der Waals surface area contributed by atoms with Gasteiger partial charge >= 0.3 is 6.09 Å². The Morgan fingerprint density at radius 1 is 1.27 bits per heavy atom. The van der Waals surface area contributed by atoms with E-state index in [1.54, 1.807) is 4.90 Å². The maximum atomic E-state index is 12.3. The minimum atomic E-state index is -0.455. The molecule has 142 valence electrons. The molecule has 0 bridgehead atoms. The van der Waals surface area contributed by atoms with Crippen LogP contribution in [0.2, 0.25) is 0 Å². The number of hydrogen-bond donors (Lipinski definition) is 1. The highest BCUT2D eigenvalue weighted by Gasteiger charge is 2.36. The Morgan fingerprint density at radius 2 is 2.00 bits per heavy atom. The zero-order valence-corrected chi connectivity index (χ0v) is 16.3. The molecule has 1 fully saturated rings. The monoisotopic (exact) mass is 358 g/mol. The Balaban J connectivity index is 1.46. The summed E-state index contributed by atoms with van der Waals surface area (Å²) in [5, 5.41) is 3.47. The molecule has 0 aliphatic carbocycles. The van der Waals surface area contributed by atoms with Gasteiger partial charge in [-0.2, -0.15) is 0 Å².